The number of hydrogen-bond donors (Lipinski definition) is 2. The minimum Gasteiger partial charge on any atom is -0.346 e. The molecule has 1 aliphatic carbocycles. The molecule has 0 aromatic carbocycles. The molecule has 1 aromatic rings. The lowest BCUT2D eigenvalue weighted by molar-refractivity contribution is -0.127. The highest BCUT2D eigenvalue weighted by Gasteiger charge is 2.34. The van der Waals surface area contributed by atoms with Gasteiger partial charge in [0.25, 0.3) is 0 Å². The van der Waals surface area contributed by atoms with Crippen LogP contribution < -0.4 is 11.1 Å². The van der Waals surface area contributed by atoms with Crippen LogP contribution in [0.3, 0.4) is 0 Å². The van der Waals surface area contributed by atoms with Crippen LogP contribution in [0, 0.1) is 11.8 Å². The number of hydrogen-bond acceptors (Lipinski definition) is 4. The molecule has 1 saturated carbocycles. The van der Waals surface area contributed by atoms with Gasteiger partial charge in [-0.3, -0.25) is 4.79 Å². The van der Waals surface area contributed by atoms with Crippen molar-refractivity contribution in [3.05, 3.63) is 11.6 Å². The number of nitrogens with two attached hydrogens (primary N) is 1. The normalized spacial score (nSPS) is 26.7. The number of halogens is 1. The molecule has 0 saturated heterocycles. The predicted octanol–water partition coefficient (Wildman–Crippen LogP) is 2.15. The van der Waals surface area contributed by atoms with Crippen LogP contribution >= 0.6 is 12.4 Å². The van der Waals surface area contributed by atoms with Gasteiger partial charge in [-0.1, -0.05) is 20.3 Å². The lowest BCUT2D eigenvalue weighted by Crippen LogP contribution is -2.39. The van der Waals surface area contributed by atoms with Gasteiger partial charge in [0.1, 0.15) is 5.82 Å². The molecule has 3 N–H and O–H groups in total. The van der Waals surface area contributed by atoms with E-state index >= 15 is 0 Å². The third-order valence-corrected chi connectivity index (χ3v) is 5.02. The van der Waals surface area contributed by atoms with Crippen LogP contribution in [0.25, 0.3) is 0 Å². The molecular weight excluding hydrogens is 314 g/mol. The van der Waals surface area contributed by atoms with Gasteiger partial charge in [-0.2, -0.15) is 5.10 Å². The Morgan fingerprint density at radius 3 is 2.83 bits per heavy atom. The average Bonchev–Trinajstić information content (AvgIpc) is 3.14. The monoisotopic (exact) mass is 341 g/mol. The van der Waals surface area contributed by atoms with E-state index in [0.29, 0.717) is 18.4 Å². The lowest BCUT2D eigenvalue weighted by Gasteiger charge is -2.26. The molecule has 1 unspecified atom stereocenters. The van der Waals surface area contributed by atoms with E-state index in [4.69, 9.17) is 5.73 Å². The topological polar surface area (TPSA) is 85.8 Å². The quantitative estimate of drug-likeness (QED) is 0.878. The van der Waals surface area contributed by atoms with Gasteiger partial charge in [-0.25, -0.2) is 9.67 Å². The van der Waals surface area contributed by atoms with Crippen LogP contribution in [-0.4, -0.2) is 27.2 Å². The molecule has 0 radical (unpaired) electrons. The van der Waals surface area contributed by atoms with E-state index in [2.05, 4.69) is 29.2 Å². The number of nitrogens with one attached hydrogen (secondary N) is 1. The molecule has 3 rings (SSSR count). The summed E-state index contributed by atoms with van der Waals surface area (Å²) in [5.74, 6) is 2.68. The molecule has 0 spiro atoms. The molecule has 2 aliphatic rings. The highest BCUT2D eigenvalue weighted by molar-refractivity contribution is 5.85. The van der Waals surface area contributed by atoms with Crippen molar-refractivity contribution < 1.29 is 4.79 Å². The number of carbonyl (C=O) groups is 1. The Bertz CT molecular complexity index is 545. The van der Waals surface area contributed by atoms with Gasteiger partial charge in [-0.05, 0) is 38.1 Å². The van der Waals surface area contributed by atoms with Crippen molar-refractivity contribution in [2.45, 2.75) is 64.5 Å². The third kappa shape index (κ3) is 3.69. The summed E-state index contributed by atoms with van der Waals surface area (Å²) < 4.78 is 1.97. The zero-order valence-corrected chi connectivity index (χ0v) is 14.8. The molecule has 23 heavy (non-hydrogen) atoms. The maximum absolute atomic E-state index is 12.6. The number of aryl methyl sites for hydroxylation is 1. The van der Waals surface area contributed by atoms with E-state index in [9.17, 15) is 4.79 Å². The Hall–Kier alpha value is -1.14. The highest BCUT2D eigenvalue weighted by atomic mass is 35.5. The molecule has 1 aliphatic heterocycles. The Morgan fingerprint density at radius 2 is 2.13 bits per heavy atom. The molecule has 3 atom stereocenters. The second-order valence-corrected chi connectivity index (χ2v) is 6.94. The summed E-state index contributed by atoms with van der Waals surface area (Å²) in [5, 5.41) is 7.79. The molecule has 1 fully saturated rings. The van der Waals surface area contributed by atoms with Crippen LogP contribution in [0.1, 0.15) is 69.6 Å². The van der Waals surface area contributed by atoms with Crippen molar-refractivity contribution in [1.82, 2.24) is 20.1 Å². The predicted molar refractivity (Wildman–Crippen MR) is 91.4 cm³/mol. The second-order valence-electron chi connectivity index (χ2n) is 6.94. The molecule has 1 aromatic heterocycles. The summed E-state index contributed by atoms with van der Waals surface area (Å²) in [6, 6.07) is 0.000254. The number of amides is 1. The number of aromatic nitrogens is 3. The van der Waals surface area contributed by atoms with E-state index in [1.54, 1.807) is 0 Å². The van der Waals surface area contributed by atoms with Gasteiger partial charge >= 0.3 is 0 Å². The van der Waals surface area contributed by atoms with Crippen LogP contribution in [0.5, 0.6) is 0 Å². The fourth-order valence-corrected chi connectivity index (χ4v) is 3.69. The van der Waals surface area contributed by atoms with Crippen molar-refractivity contribution >= 4 is 18.3 Å². The second kappa shape index (κ2) is 7.62. The first kappa shape index (κ1) is 18.2. The Morgan fingerprint density at radius 1 is 1.35 bits per heavy atom. The lowest BCUT2D eigenvalue weighted by atomic mass is 9.94. The van der Waals surface area contributed by atoms with Crippen molar-refractivity contribution in [3.63, 3.8) is 0 Å². The zero-order chi connectivity index (χ0) is 15.7. The molecule has 2 heterocycles. The minimum absolute atomic E-state index is 0. The maximum Gasteiger partial charge on any atom is 0.224 e. The number of nitrogens with zero attached hydrogens (tertiary/aromatic N) is 3. The van der Waals surface area contributed by atoms with Crippen molar-refractivity contribution in [2.75, 3.05) is 6.54 Å². The van der Waals surface area contributed by atoms with Crippen molar-refractivity contribution in [1.29, 1.82) is 0 Å². The van der Waals surface area contributed by atoms with Gasteiger partial charge in [0, 0.05) is 18.4 Å². The Labute approximate surface area is 144 Å². The van der Waals surface area contributed by atoms with E-state index < -0.39 is 0 Å². The van der Waals surface area contributed by atoms with Crippen LogP contribution in [0.4, 0.5) is 0 Å². The number of carbonyl (C=O) groups excluding carboxylic acids is 1. The number of fused-ring (bicyclic) bond motifs is 1. The molecule has 0 bridgehead atoms. The maximum atomic E-state index is 12.6. The fraction of sp³-hybridized carbons (Fsp3) is 0.812. The summed E-state index contributed by atoms with van der Waals surface area (Å²) in [6.45, 7) is 5.70. The smallest absolute Gasteiger partial charge is 0.224 e. The molecule has 130 valence electrons. The first-order valence-corrected chi connectivity index (χ1v) is 8.55. The van der Waals surface area contributed by atoms with Gasteiger partial charge < -0.3 is 11.1 Å². The standard InChI is InChI=1S/C16H27N5O.ClH/c1-10(2)14-19-15-13(7-4-8-21(15)20-14)18-16(22)12-6-3-5-11(12)9-17;/h10-13H,3-9,17H2,1-2H3,(H,18,22);1H/t11-,12-,13?;/m1./s1. The highest BCUT2D eigenvalue weighted by Crippen LogP contribution is 2.32. The summed E-state index contributed by atoms with van der Waals surface area (Å²) in [4.78, 5) is 17.3. The summed E-state index contributed by atoms with van der Waals surface area (Å²) in [6.07, 6.45) is 5.13. The third-order valence-electron chi connectivity index (χ3n) is 5.02. The molecular formula is C16H28ClN5O. The molecule has 7 heteroatoms. The summed E-state index contributed by atoms with van der Waals surface area (Å²) >= 11 is 0. The minimum atomic E-state index is 0. The molecule has 6 nitrogen and oxygen atoms in total. The fourth-order valence-electron chi connectivity index (χ4n) is 3.69. The van der Waals surface area contributed by atoms with E-state index in [1.165, 1.54) is 0 Å². The Kier molecular flexibility index (Phi) is 6.03. The number of rotatable bonds is 4. The van der Waals surface area contributed by atoms with E-state index in [0.717, 1.165) is 50.3 Å². The van der Waals surface area contributed by atoms with Crippen LogP contribution in [0.2, 0.25) is 0 Å². The summed E-state index contributed by atoms with van der Waals surface area (Å²) in [7, 11) is 0. The largest absolute Gasteiger partial charge is 0.346 e. The first-order chi connectivity index (χ1) is 10.6. The zero-order valence-electron chi connectivity index (χ0n) is 14.0. The SMILES string of the molecule is CC(C)c1nc2n(n1)CCCC2NC(=O)[C@@H]1CCC[C@@H]1CN.Cl. The van der Waals surface area contributed by atoms with Crippen molar-refractivity contribution in [2.24, 2.45) is 17.6 Å². The molecule has 1 amide bonds. The van der Waals surface area contributed by atoms with Crippen molar-refractivity contribution in [3.8, 4) is 0 Å². The summed E-state index contributed by atoms with van der Waals surface area (Å²) in [5.41, 5.74) is 5.80. The van der Waals surface area contributed by atoms with Gasteiger partial charge in [0.15, 0.2) is 5.82 Å². The van der Waals surface area contributed by atoms with Gasteiger partial charge in [0.2, 0.25) is 5.91 Å². The first-order valence-electron chi connectivity index (χ1n) is 8.55. The van der Waals surface area contributed by atoms with Crippen LogP contribution in [-0.2, 0) is 11.3 Å². The van der Waals surface area contributed by atoms with Crippen LogP contribution in [0.15, 0.2) is 0 Å². The van der Waals surface area contributed by atoms with Gasteiger partial charge in [0.05, 0.1) is 6.04 Å². The van der Waals surface area contributed by atoms with E-state index in [1.807, 2.05) is 4.68 Å². The van der Waals surface area contributed by atoms with Gasteiger partial charge in [-0.15, -0.1) is 12.4 Å². The van der Waals surface area contributed by atoms with E-state index in [-0.39, 0.29) is 30.3 Å². The average molecular weight is 342 g/mol. The Balaban J connectivity index is 0.00000192.